The van der Waals surface area contributed by atoms with E-state index in [1.807, 2.05) is 24.3 Å². The van der Waals surface area contributed by atoms with Crippen LogP contribution in [0.1, 0.15) is 16.2 Å². The molecule has 0 radical (unpaired) electrons. The number of benzene rings is 1. The summed E-state index contributed by atoms with van der Waals surface area (Å²) in [6.45, 7) is 0.305. The predicted octanol–water partition coefficient (Wildman–Crippen LogP) is 1.13. The molecule has 0 aliphatic rings. The number of aromatic amines is 1. The van der Waals surface area contributed by atoms with Gasteiger partial charge in [0.15, 0.2) is 12.4 Å². The molecule has 0 saturated heterocycles. The van der Waals surface area contributed by atoms with Gasteiger partial charge in [-0.15, -0.1) is 0 Å². The van der Waals surface area contributed by atoms with Crippen molar-refractivity contribution in [3.05, 3.63) is 65.4 Å². The zero-order valence-corrected chi connectivity index (χ0v) is 10.5. The van der Waals surface area contributed by atoms with E-state index >= 15 is 0 Å². The molecule has 1 amide bonds. The highest BCUT2D eigenvalue weighted by Crippen LogP contribution is 2.10. The van der Waals surface area contributed by atoms with Gasteiger partial charge in [-0.2, -0.15) is 4.73 Å². The summed E-state index contributed by atoms with van der Waals surface area (Å²) in [7, 11) is 0. The molecule has 0 unspecified atom stereocenters. The van der Waals surface area contributed by atoms with Gasteiger partial charge in [-0.25, -0.2) is 4.98 Å². The molecule has 6 heteroatoms. The molecule has 0 spiro atoms. The molecule has 2 heterocycles. The van der Waals surface area contributed by atoms with Crippen LogP contribution in [0.15, 0.2) is 48.8 Å². The summed E-state index contributed by atoms with van der Waals surface area (Å²) in [5, 5.41) is 13.6. The Morgan fingerprint density at radius 2 is 2.00 bits per heavy atom. The highest BCUT2D eigenvalue weighted by Gasteiger charge is 2.08. The fraction of sp³-hybridized carbons (Fsp3) is 0.0714. The van der Waals surface area contributed by atoms with Crippen molar-refractivity contribution in [3.8, 4) is 0 Å². The number of fused-ring (bicyclic) bond motifs is 1. The molecule has 0 saturated carbocycles. The first kappa shape index (κ1) is 12.2. The first-order valence-corrected chi connectivity index (χ1v) is 6.13. The van der Waals surface area contributed by atoms with Gasteiger partial charge >= 0.3 is 0 Å². The Labute approximate surface area is 114 Å². The Kier molecular flexibility index (Phi) is 3.04. The second kappa shape index (κ2) is 5.00. The molecule has 2 N–H and O–H groups in total. The van der Waals surface area contributed by atoms with Crippen molar-refractivity contribution in [2.24, 2.45) is 0 Å². The molecule has 0 fully saturated rings. The van der Waals surface area contributed by atoms with Crippen LogP contribution in [-0.4, -0.2) is 15.9 Å². The molecular weight excluding hydrogens is 256 g/mol. The number of rotatable bonds is 3. The van der Waals surface area contributed by atoms with Crippen LogP contribution >= 0.6 is 0 Å². The molecule has 0 aliphatic carbocycles. The van der Waals surface area contributed by atoms with Gasteiger partial charge in [0.1, 0.15) is 5.82 Å². The Bertz CT molecular complexity index is 716. The van der Waals surface area contributed by atoms with E-state index in [-0.39, 0.29) is 5.91 Å². The first-order valence-electron chi connectivity index (χ1n) is 6.13. The SMILES string of the molecule is O=C(NCc1nc2ccccc2[nH]1)c1cc[n+]([O-])cc1. The van der Waals surface area contributed by atoms with Crippen molar-refractivity contribution in [2.45, 2.75) is 6.54 Å². The number of para-hydroxylation sites is 2. The molecule has 3 aromatic rings. The summed E-state index contributed by atoms with van der Waals surface area (Å²) in [4.78, 5) is 19.4. The average Bonchev–Trinajstić information content (AvgIpc) is 2.88. The van der Waals surface area contributed by atoms with Crippen LogP contribution in [-0.2, 0) is 6.54 Å². The maximum Gasteiger partial charge on any atom is 0.252 e. The predicted molar refractivity (Wildman–Crippen MR) is 72.7 cm³/mol. The standard InChI is InChI=1S/C14H12N4O2/c19-14(10-5-7-18(20)8-6-10)15-9-13-16-11-3-1-2-4-12(11)17-13/h1-8H,9H2,(H,15,19)(H,16,17). The highest BCUT2D eigenvalue weighted by atomic mass is 16.5. The normalized spacial score (nSPS) is 10.6. The number of aromatic nitrogens is 3. The number of nitrogens with zero attached hydrogens (tertiary/aromatic N) is 2. The maximum atomic E-state index is 11.9. The van der Waals surface area contributed by atoms with Crippen LogP contribution < -0.4 is 10.0 Å². The summed E-state index contributed by atoms with van der Waals surface area (Å²) < 4.78 is 0.635. The summed E-state index contributed by atoms with van der Waals surface area (Å²) >= 11 is 0. The molecule has 20 heavy (non-hydrogen) atoms. The lowest BCUT2D eigenvalue weighted by Gasteiger charge is -2.02. The van der Waals surface area contributed by atoms with Crippen molar-refractivity contribution in [1.82, 2.24) is 15.3 Å². The van der Waals surface area contributed by atoms with Crippen LogP contribution in [0.25, 0.3) is 11.0 Å². The summed E-state index contributed by atoms with van der Waals surface area (Å²) in [6, 6.07) is 10.6. The topological polar surface area (TPSA) is 84.7 Å². The molecule has 6 nitrogen and oxygen atoms in total. The van der Waals surface area contributed by atoms with E-state index in [2.05, 4.69) is 15.3 Å². The number of amides is 1. The second-order valence-electron chi connectivity index (χ2n) is 4.33. The van der Waals surface area contributed by atoms with E-state index in [9.17, 15) is 10.0 Å². The van der Waals surface area contributed by atoms with E-state index in [0.717, 1.165) is 11.0 Å². The smallest absolute Gasteiger partial charge is 0.252 e. The third-order valence-corrected chi connectivity index (χ3v) is 2.92. The number of pyridine rings is 1. The quantitative estimate of drug-likeness (QED) is 0.551. The van der Waals surface area contributed by atoms with Crippen LogP contribution in [0.2, 0.25) is 0 Å². The number of carbonyl (C=O) groups is 1. The first-order chi connectivity index (χ1) is 9.72. The summed E-state index contributed by atoms with van der Waals surface area (Å²) in [5.41, 5.74) is 2.24. The van der Waals surface area contributed by atoms with Crippen molar-refractivity contribution >= 4 is 16.9 Å². The van der Waals surface area contributed by atoms with Crippen molar-refractivity contribution in [3.63, 3.8) is 0 Å². The van der Waals surface area contributed by atoms with E-state index in [1.54, 1.807) is 0 Å². The average molecular weight is 268 g/mol. The third kappa shape index (κ3) is 2.44. The Hall–Kier alpha value is -2.89. The number of hydrogen-bond donors (Lipinski definition) is 2. The fourth-order valence-electron chi connectivity index (χ4n) is 1.92. The Morgan fingerprint density at radius 1 is 1.25 bits per heavy atom. The van der Waals surface area contributed by atoms with Gasteiger partial charge in [-0.1, -0.05) is 12.1 Å². The van der Waals surface area contributed by atoms with Gasteiger partial charge < -0.3 is 15.5 Å². The zero-order valence-electron chi connectivity index (χ0n) is 10.5. The second-order valence-corrected chi connectivity index (χ2v) is 4.33. The Balaban J connectivity index is 1.69. The van der Waals surface area contributed by atoms with E-state index in [0.29, 0.717) is 22.7 Å². The maximum absolute atomic E-state index is 11.9. The van der Waals surface area contributed by atoms with Crippen LogP contribution in [0.5, 0.6) is 0 Å². The van der Waals surface area contributed by atoms with Gasteiger partial charge in [-0.05, 0) is 12.1 Å². The molecule has 2 aromatic heterocycles. The van der Waals surface area contributed by atoms with Crippen molar-refractivity contribution in [2.75, 3.05) is 0 Å². The Morgan fingerprint density at radius 3 is 2.75 bits per heavy atom. The monoisotopic (exact) mass is 268 g/mol. The number of hydrogen-bond acceptors (Lipinski definition) is 3. The van der Waals surface area contributed by atoms with Gasteiger partial charge in [0.25, 0.3) is 5.91 Å². The van der Waals surface area contributed by atoms with Crippen LogP contribution in [0.3, 0.4) is 0 Å². The minimum absolute atomic E-state index is 0.244. The lowest BCUT2D eigenvalue weighted by molar-refractivity contribution is -0.605. The number of imidazole rings is 1. The summed E-state index contributed by atoms with van der Waals surface area (Å²) in [6.07, 6.45) is 2.58. The van der Waals surface area contributed by atoms with E-state index in [4.69, 9.17) is 0 Å². The van der Waals surface area contributed by atoms with E-state index in [1.165, 1.54) is 24.5 Å². The van der Waals surface area contributed by atoms with E-state index < -0.39 is 0 Å². The fourth-order valence-corrected chi connectivity index (χ4v) is 1.92. The van der Waals surface area contributed by atoms with Gasteiger partial charge in [0, 0.05) is 12.1 Å². The third-order valence-electron chi connectivity index (χ3n) is 2.92. The highest BCUT2D eigenvalue weighted by molar-refractivity contribution is 5.93. The van der Waals surface area contributed by atoms with Gasteiger partial charge in [0.05, 0.1) is 23.1 Å². The molecular formula is C14H12N4O2. The molecule has 1 aromatic carbocycles. The minimum Gasteiger partial charge on any atom is -0.619 e. The van der Waals surface area contributed by atoms with Crippen molar-refractivity contribution in [1.29, 1.82) is 0 Å². The number of carbonyl (C=O) groups excluding carboxylic acids is 1. The molecule has 3 rings (SSSR count). The van der Waals surface area contributed by atoms with Gasteiger partial charge in [-0.3, -0.25) is 4.79 Å². The lowest BCUT2D eigenvalue weighted by Crippen LogP contribution is -2.27. The number of nitrogens with one attached hydrogen (secondary N) is 2. The van der Waals surface area contributed by atoms with Crippen LogP contribution in [0, 0.1) is 5.21 Å². The summed E-state index contributed by atoms with van der Waals surface area (Å²) in [5.74, 6) is 0.445. The number of H-pyrrole nitrogens is 1. The molecule has 0 bridgehead atoms. The molecule has 100 valence electrons. The molecule has 0 atom stereocenters. The van der Waals surface area contributed by atoms with Crippen LogP contribution in [0.4, 0.5) is 0 Å². The largest absolute Gasteiger partial charge is 0.619 e. The van der Waals surface area contributed by atoms with Gasteiger partial charge in [0.2, 0.25) is 0 Å². The van der Waals surface area contributed by atoms with Crippen molar-refractivity contribution < 1.29 is 9.52 Å². The lowest BCUT2D eigenvalue weighted by atomic mass is 10.2. The minimum atomic E-state index is -0.244. The zero-order chi connectivity index (χ0) is 13.9. The molecule has 0 aliphatic heterocycles.